The maximum Gasteiger partial charge on any atom is 0.326 e. The minimum absolute atomic E-state index is 0.127. The van der Waals surface area contributed by atoms with E-state index in [1.54, 1.807) is 18.4 Å². The number of aliphatic carboxylic acids is 1. The molecule has 0 aliphatic carbocycles. The first-order valence-electron chi connectivity index (χ1n) is 5.66. The number of carbonyl (C=O) groups excluding carboxylic acids is 1. The topological polar surface area (TPSA) is 75.6 Å². The Morgan fingerprint density at radius 3 is 2.72 bits per heavy atom. The predicted molar refractivity (Wildman–Crippen MR) is 69.2 cm³/mol. The van der Waals surface area contributed by atoms with E-state index in [0.717, 1.165) is 0 Å². The second-order valence-corrected chi connectivity index (χ2v) is 4.91. The molecule has 0 saturated carbocycles. The summed E-state index contributed by atoms with van der Waals surface area (Å²) in [4.78, 5) is 23.5. The van der Waals surface area contributed by atoms with Crippen LogP contribution in [0.1, 0.15) is 29.9 Å². The van der Waals surface area contributed by atoms with Gasteiger partial charge in [-0.3, -0.25) is 4.79 Å². The Morgan fingerprint density at radius 1 is 1.56 bits per heavy atom. The van der Waals surface area contributed by atoms with Gasteiger partial charge in [0.15, 0.2) is 0 Å². The minimum Gasteiger partial charge on any atom is -0.495 e. The average molecular weight is 271 g/mol. The molecule has 0 spiro atoms. The Bertz CT molecular complexity index is 429. The van der Waals surface area contributed by atoms with Crippen molar-refractivity contribution in [2.24, 2.45) is 5.92 Å². The Kier molecular flexibility index (Phi) is 5.15. The first-order chi connectivity index (χ1) is 8.51. The van der Waals surface area contributed by atoms with E-state index < -0.39 is 17.9 Å². The second-order valence-electron chi connectivity index (χ2n) is 3.99. The molecule has 100 valence electrons. The standard InChI is InChI=1S/C12H17NO4S/c1-4-7(2)9(12(15)16)13-11(14)10-8(17-3)5-6-18-10/h5-7,9H,4H2,1-3H3,(H,13,14)(H,15,16). The fourth-order valence-corrected chi connectivity index (χ4v) is 2.27. The molecule has 2 atom stereocenters. The highest BCUT2D eigenvalue weighted by atomic mass is 32.1. The van der Waals surface area contributed by atoms with Crippen molar-refractivity contribution in [1.82, 2.24) is 5.32 Å². The van der Waals surface area contributed by atoms with E-state index in [1.165, 1.54) is 18.4 Å². The third kappa shape index (κ3) is 3.22. The van der Waals surface area contributed by atoms with E-state index in [9.17, 15) is 9.59 Å². The molecule has 0 radical (unpaired) electrons. The van der Waals surface area contributed by atoms with E-state index in [1.807, 2.05) is 6.92 Å². The van der Waals surface area contributed by atoms with Crippen molar-refractivity contribution >= 4 is 23.2 Å². The summed E-state index contributed by atoms with van der Waals surface area (Å²) >= 11 is 1.23. The summed E-state index contributed by atoms with van der Waals surface area (Å²) in [5.41, 5.74) is 0. The maximum atomic E-state index is 12.0. The van der Waals surface area contributed by atoms with Crippen LogP contribution in [0.25, 0.3) is 0 Å². The van der Waals surface area contributed by atoms with Crippen molar-refractivity contribution in [2.45, 2.75) is 26.3 Å². The van der Waals surface area contributed by atoms with Gasteiger partial charge in [0, 0.05) is 0 Å². The van der Waals surface area contributed by atoms with E-state index in [4.69, 9.17) is 9.84 Å². The van der Waals surface area contributed by atoms with E-state index in [2.05, 4.69) is 5.32 Å². The summed E-state index contributed by atoms with van der Waals surface area (Å²) in [5.74, 6) is -1.09. The summed E-state index contributed by atoms with van der Waals surface area (Å²) in [7, 11) is 1.47. The fraction of sp³-hybridized carbons (Fsp3) is 0.500. The highest BCUT2D eigenvalue weighted by Crippen LogP contribution is 2.24. The lowest BCUT2D eigenvalue weighted by Gasteiger charge is -2.19. The Morgan fingerprint density at radius 2 is 2.22 bits per heavy atom. The quantitative estimate of drug-likeness (QED) is 0.829. The van der Waals surface area contributed by atoms with Gasteiger partial charge < -0.3 is 15.2 Å². The number of thiophene rings is 1. The lowest BCUT2D eigenvalue weighted by atomic mass is 9.99. The van der Waals surface area contributed by atoms with Gasteiger partial charge in [-0.15, -0.1) is 11.3 Å². The molecule has 0 aliphatic rings. The molecular weight excluding hydrogens is 254 g/mol. The number of amides is 1. The van der Waals surface area contributed by atoms with Crippen LogP contribution in [0, 0.1) is 5.92 Å². The van der Waals surface area contributed by atoms with Gasteiger partial charge in [-0.1, -0.05) is 20.3 Å². The van der Waals surface area contributed by atoms with Crippen molar-refractivity contribution < 1.29 is 19.4 Å². The molecule has 18 heavy (non-hydrogen) atoms. The molecule has 1 amide bonds. The average Bonchev–Trinajstić information content (AvgIpc) is 2.82. The largest absolute Gasteiger partial charge is 0.495 e. The van der Waals surface area contributed by atoms with Crippen molar-refractivity contribution in [3.63, 3.8) is 0 Å². The number of rotatable bonds is 6. The van der Waals surface area contributed by atoms with Crippen LogP contribution in [0.3, 0.4) is 0 Å². The van der Waals surface area contributed by atoms with Crippen LogP contribution in [0.15, 0.2) is 11.4 Å². The summed E-state index contributed by atoms with van der Waals surface area (Å²) in [6.45, 7) is 3.68. The SMILES string of the molecule is CCC(C)C(NC(=O)c1sccc1OC)C(=O)O. The first-order valence-corrected chi connectivity index (χ1v) is 6.54. The number of carbonyl (C=O) groups is 2. The number of hydrogen-bond donors (Lipinski definition) is 2. The van der Waals surface area contributed by atoms with Gasteiger partial charge in [-0.2, -0.15) is 0 Å². The zero-order valence-electron chi connectivity index (χ0n) is 10.6. The predicted octanol–water partition coefficient (Wildman–Crippen LogP) is 1.99. The molecule has 1 aromatic rings. The van der Waals surface area contributed by atoms with Crippen LogP contribution < -0.4 is 10.1 Å². The molecule has 0 bridgehead atoms. The molecule has 0 aliphatic heterocycles. The summed E-state index contributed by atoms with van der Waals surface area (Å²) in [6, 6.07) is 0.799. The van der Waals surface area contributed by atoms with E-state index in [0.29, 0.717) is 17.0 Å². The smallest absolute Gasteiger partial charge is 0.326 e. The molecule has 0 aromatic carbocycles. The lowest BCUT2D eigenvalue weighted by Crippen LogP contribution is -2.44. The van der Waals surface area contributed by atoms with Crippen LogP contribution in [-0.4, -0.2) is 30.1 Å². The third-order valence-electron chi connectivity index (χ3n) is 2.82. The number of methoxy groups -OCH3 is 1. The monoisotopic (exact) mass is 271 g/mol. The van der Waals surface area contributed by atoms with Crippen LogP contribution >= 0.6 is 11.3 Å². The number of nitrogens with one attached hydrogen (secondary N) is 1. The maximum absolute atomic E-state index is 12.0. The van der Waals surface area contributed by atoms with Crippen molar-refractivity contribution in [1.29, 1.82) is 0 Å². The Labute approximate surface area is 110 Å². The molecule has 0 saturated heterocycles. The number of carboxylic acids is 1. The van der Waals surface area contributed by atoms with Gasteiger partial charge in [0.25, 0.3) is 5.91 Å². The van der Waals surface area contributed by atoms with Crippen LogP contribution in [-0.2, 0) is 4.79 Å². The van der Waals surface area contributed by atoms with Crippen LogP contribution in [0.2, 0.25) is 0 Å². The normalized spacial score (nSPS) is 13.7. The zero-order chi connectivity index (χ0) is 13.7. The summed E-state index contributed by atoms with van der Waals surface area (Å²) in [6.07, 6.45) is 0.679. The zero-order valence-corrected chi connectivity index (χ0v) is 11.4. The Hall–Kier alpha value is -1.56. The molecule has 6 heteroatoms. The highest BCUT2D eigenvalue weighted by Gasteiger charge is 2.27. The fourth-order valence-electron chi connectivity index (χ4n) is 1.51. The molecule has 1 heterocycles. The highest BCUT2D eigenvalue weighted by molar-refractivity contribution is 7.12. The van der Waals surface area contributed by atoms with Gasteiger partial charge in [-0.25, -0.2) is 4.79 Å². The molecule has 0 fully saturated rings. The molecule has 2 unspecified atom stereocenters. The summed E-state index contributed by atoms with van der Waals surface area (Å²) in [5, 5.41) is 13.4. The molecule has 5 nitrogen and oxygen atoms in total. The third-order valence-corrected chi connectivity index (χ3v) is 3.72. The Balaban J connectivity index is 2.82. The number of carboxylic acid groups (broad SMARTS) is 1. The lowest BCUT2D eigenvalue weighted by molar-refractivity contribution is -0.140. The van der Waals surface area contributed by atoms with Crippen molar-refractivity contribution in [3.8, 4) is 5.75 Å². The van der Waals surface area contributed by atoms with Gasteiger partial charge in [-0.05, 0) is 17.4 Å². The van der Waals surface area contributed by atoms with E-state index >= 15 is 0 Å². The summed E-state index contributed by atoms with van der Waals surface area (Å²) < 4.78 is 5.04. The minimum atomic E-state index is -1.02. The van der Waals surface area contributed by atoms with Crippen molar-refractivity contribution in [2.75, 3.05) is 7.11 Å². The molecule has 1 rings (SSSR count). The molecule has 1 aromatic heterocycles. The van der Waals surface area contributed by atoms with E-state index in [-0.39, 0.29) is 5.92 Å². The van der Waals surface area contributed by atoms with Gasteiger partial charge in [0.2, 0.25) is 0 Å². The number of ether oxygens (including phenoxy) is 1. The molecular formula is C12H17NO4S. The van der Waals surface area contributed by atoms with Crippen LogP contribution in [0.4, 0.5) is 0 Å². The first kappa shape index (κ1) is 14.5. The van der Waals surface area contributed by atoms with Gasteiger partial charge in [0.1, 0.15) is 16.7 Å². The van der Waals surface area contributed by atoms with Crippen LogP contribution in [0.5, 0.6) is 5.75 Å². The molecule has 2 N–H and O–H groups in total. The van der Waals surface area contributed by atoms with Gasteiger partial charge >= 0.3 is 5.97 Å². The van der Waals surface area contributed by atoms with Gasteiger partial charge in [0.05, 0.1) is 7.11 Å². The second kappa shape index (κ2) is 6.39. The van der Waals surface area contributed by atoms with Crippen molar-refractivity contribution in [3.05, 3.63) is 16.3 Å². The number of hydrogen-bond acceptors (Lipinski definition) is 4.